The van der Waals surface area contributed by atoms with E-state index < -0.39 is 0 Å². The maximum Gasteiger partial charge on any atom is 0.310 e. The van der Waals surface area contributed by atoms with Crippen LogP contribution in [0.3, 0.4) is 0 Å². The molecule has 1 aliphatic rings. The van der Waals surface area contributed by atoms with E-state index in [1.54, 1.807) is 0 Å². The minimum atomic E-state index is -0.335. The molecule has 32 heavy (non-hydrogen) atoms. The predicted molar refractivity (Wildman–Crippen MR) is 132 cm³/mol. The van der Waals surface area contributed by atoms with Crippen LogP contribution in [0, 0.1) is 23.7 Å². The first kappa shape index (κ1) is 29.0. The van der Waals surface area contributed by atoms with Crippen LogP contribution >= 0.6 is 0 Å². The van der Waals surface area contributed by atoms with Gasteiger partial charge in [0.1, 0.15) is 0 Å². The Morgan fingerprint density at radius 3 is 1.28 bits per heavy atom. The van der Waals surface area contributed by atoms with Crippen LogP contribution in [0.1, 0.15) is 131 Å². The summed E-state index contributed by atoms with van der Waals surface area (Å²) in [4.78, 5) is 25.7. The molecule has 0 aliphatic heterocycles. The Bertz CT molecular complexity index is 468. The van der Waals surface area contributed by atoms with E-state index >= 15 is 0 Å². The average molecular weight is 453 g/mol. The van der Waals surface area contributed by atoms with Gasteiger partial charge in [0.25, 0.3) is 0 Å². The monoisotopic (exact) mass is 452 g/mol. The van der Waals surface area contributed by atoms with Gasteiger partial charge in [-0.3, -0.25) is 9.59 Å². The third-order valence-corrected chi connectivity index (χ3v) is 6.79. The van der Waals surface area contributed by atoms with Gasteiger partial charge in [0.05, 0.1) is 24.0 Å². The molecular formula is C28H52O4. The van der Waals surface area contributed by atoms with Gasteiger partial charge in [0, 0.05) is 0 Å². The van der Waals surface area contributed by atoms with Crippen molar-refractivity contribution >= 4 is 11.9 Å². The Morgan fingerprint density at radius 1 is 0.594 bits per heavy atom. The molecule has 0 aromatic rings. The van der Waals surface area contributed by atoms with Crippen LogP contribution in [0.2, 0.25) is 0 Å². The molecule has 1 saturated carbocycles. The van der Waals surface area contributed by atoms with Crippen LogP contribution in [0.15, 0.2) is 0 Å². The molecule has 0 aromatic carbocycles. The predicted octanol–water partition coefficient (Wildman–Crippen LogP) is 7.87. The van der Waals surface area contributed by atoms with Gasteiger partial charge < -0.3 is 9.47 Å². The fourth-order valence-electron chi connectivity index (χ4n) is 4.71. The molecule has 1 rings (SSSR count). The van der Waals surface area contributed by atoms with Crippen LogP contribution in [-0.2, 0) is 19.1 Å². The number of hydrogen-bond donors (Lipinski definition) is 0. The number of carbonyl (C=O) groups excluding carboxylic acids is 2. The summed E-state index contributed by atoms with van der Waals surface area (Å²) in [6, 6.07) is 0. The Morgan fingerprint density at radius 2 is 0.938 bits per heavy atom. The highest BCUT2D eigenvalue weighted by atomic mass is 16.6. The van der Waals surface area contributed by atoms with Gasteiger partial charge in [-0.2, -0.15) is 0 Å². The standard InChI is InChI=1S/C28H52O4/c1-21(2)15-9-7-11-17-23(5)31-27(29)25-19-13-14-20-26(25)28(30)32-24(6)18-12-8-10-16-22(3)4/h21-26H,7-20H2,1-6H3. The zero-order valence-electron chi connectivity index (χ0n) is 22.0. The molecule has 0 spiro atoms. The number of unbranched alkanes of at least 4 members (excludes halogenated alkanes) is 4. The van der Waals surface area contributed by atoms with Crippen molar-refractivity contribution in [3.05, 3.63) is 0 Å². The van der Waals surface area contributed by atoms with E-state index in [4.69, 9.17) is 9.47 Å². The van der Waals surface area contributed by atoms with Gasteiger partial charge >= 0.3 is 11.9 Å². The molecular weight excluding hydrogens is 400 g/mol. The second-order valence-corrected chi connectivity index (χ2v) is 11.1. The number of carbonyl (C=O) groups is 2. The Labute approximate surface area is 198 Å². The van der Waals surface area contributed by atoms with E-state index in [1.165, 1.54) is 38.5 Å². The fourth-order valence-corrected chi connectivity index (χ4v) is 4.71. The normalized spacial score (nSPS) is 20.9. The summed E-state index contributed by atoms with van der Waals surface area (Å²) < 4.78 is 11.5. The number of hydrogen-bond acceptors (Lipinski definition) is 4. The van der Waals surface area contributed by atoms with Gasteiger partial charge in [0.15, 0.2) is 0 Å². The molecule has 4 atom stereocenters. The molecule has 0 N–H and O–H groups in total. The van der Waals surface area contributed by atoms with E-state index in [0.717, 1.165) is 63.2 Å². The van der Waals surface area contributed by atoms with Crippen molar-refractivity contribution in [2.24, 2.45) is 23.7 Å². The first-order valence-corrected chi connectivity index (χ1v) is 13.6. The fraction of sp³-hybridized carbons (Fsp3) is 0.929. The maximum atomic E-state index is 12.9. The summed E-state index contributed by atoms with van der Waals surface area (Å²) in [5, 5.41) is 0. The van der Waals surface area contributed by atoms with E-state index in [1.807, 2.05) is 13.8 Å². The summed E-state index contributed by atoms with van der Waals surface area (Å²) in [5.74, 6) is 0.447. The minimum absolute atomic E-state index is 0.0788. The van der Waals surface area contributed by atoms with Gasteiger partial charge in [0.2, 0.25) is 0 Å². The molecule has 4 heteroatoms. The van der Waals surface area contributed by atoms with Crippen molar-refractivity contribution in [2.75, 3.05) is 0 Å². The molecule has 0 radical (unpaired) electrons. The molecule has 0 bridgehead atoms. The highest BCUT2D eigenvalue weighted by Crippen LogP contribution is 2.33. The molecule has 0 saturated heterocycles. The van der Waals surface area contributed by atoms with E-state index in [9.17, 15) is 9.59 Å². The Kier molecular flexibility index (Phi) is 15.0. The molecule has 4 unspecified atom stereocenters. The SMILES string of the molecule is CC(C)CCCCCC(C)OC(=O)C1CCCCC1C(=O)OC(C)CCCCCC(C)C. The van der Waals surface area contributed by atoms with Crippen LogP contribution in [0.5, 0.6) is 0 Å². The van der Waals surface area contributed by atoms with Crippen LogP contribution in [-0.4, -0.2) is 24.1 Å². The van der Waals surface area contributed by atoms with Gasteiger partial charge in [-0.25, -0.2) is 0 Å². The molecule has 188 valence electrons. The summed E-state index contributed by atoms with van der Waals surface area (Å²) in [7, 11) is 0. The topological polar surface area (TPSA) is 52.6 Å². The minimum Gasteiger partial charge on any atom is -0.462 e. The smallest absolute Gasteiger partial charge is 0.310 e. The number of ether oxygens (including phenoxy) is 2. The Hall–Kier alpha value is -1.06. The lowest BCUT2D eigenvalue weighted by Crippen LogP contribution is -2.37. The van der Waals surface area contributed by atoms with Crippen molar-refractivity contribution in [2.45, 2.75) is 144 Å². The second kappa shape index (κ2) is 16.5. The second-order valence-electron chi connectivity index (χ2n) is 11.1. The van der Waals surface area contributed by atoms with Gasteiger partial charge in [-0.05, 0) is 64.2 Å². The highest BCUT2D eigenvalue weighted by Gasteiger charge is 2.38. The molecule has 0 heterocycles. The third kappa shape index (κ3) is 12.8. The number of esters is 2. The quantitative estimate of drug-likeness (QED) is 0.177. The summed E-state index contributed by atoms with van der Waals surface area (Å²) in [5.41, 5.74) is 0. The van der Waals surface area contributed by atoms with Crippen LogP contribution in [0.4, 0.5) is 0 Å². The third-order valence-electron chi connectivity index (χ3n) is 6.79. The van der Waals surface area contributed by atoms with Gasteiger partial charge in [-0.1, -0.05) is 79.1 Å². The van der Waals surface area contributed by atoms with Crippen LogP contribution in [0.25, 0.3) is 0 Å². The lowest BCUT2D eigenvalue weighted by Gasteiger charge is -2.30. The summed E-state index contributed by atoms with van der Waals surface area (Å²) >= 11 is 0. The summed E-state index contributed by atoms with van der Waals surface area (Å²) in [6.45, 7) is 13.0. The van der Waals surface area contributed by atoms with Crippen molar-refractivity contribution in [1.29, 1.82) is 0 Å². The largest absolute Gasteiger partial charge is 0.462 e. The molecule has 0 aromatic heterocycles. The van der Waals surface area contributed by atoms with Crippen molar-refractivity contribution < 1.29 is 19.1 Å². The Balaban J connectivity index is 2.38. The first-order valence-electron chi connectivity index (χ1n) is 13.6. The molecule has 4 nitrogen and oxygen atoms in total. The van der Waals surface area contributed by atoms with E-state index in [0.29, 0.717) is 0 Å². The van der Waals surface area contributed by atoms with Crippen LogP contribution < -0.4 is 0 Å². The van der Waals surface area contributed by atoms with E-state index in [2.05, 4.69) is 27.7 Å². The highest BCUT2D eigenvalue weighted by molar-refractivity contribution is 5.82. The molecule has 1 fully saturated rings. The summed E-state index contributed by atoms with van der Waals surface area (Å²) in [6.07, 6.45) is 14.7. The number of rotatable bonds is 16. The van der Waals surface area contributed by atoms with E-state index in [-0.39, 0.29) is 36.0 Å². The first-order chi connectivity index (χ1) is 15.2. The zero-order chi connectivity index (χ0) is 23.9. The lowest BCUT2D eigenvalue weighted by atomic mass is 9.79. The van der Waals surface area contributed by atoms with Crippen molar-refractivity contribution in [3.63, 3.8) is 0 Å². The van der Waals surface area contributed by atoms with Gasteiger partial charge in [-0.15, -0.1) is 0 Å². The average Bonchev–Trinajstić information content (AvgIpc) is 2.72. The lowest BCUT2D eigenvalue weighted by molar-refractivity contribution is -0.168. The molecule has 1 aliphatic carbocycles. The molecule has 0 amide bonds. The zero-order valence-corrected chi connectivity index (χ0v) is 22.0. The van der Waals surface area contributed by atoms with Crippen molar-refractivity contribution in [3.8, 4) is 0 Å². The maximum absolute atomic E-state index is 12.9. The van der Waals surface area contributed by atoms with Crippen molar-refractivity contribution in [1.82, 2.24) is 0 Å².